The van der Waals surface area contributed by atoms with Crippen molar-refractivity contribution in [3.63, 3.8) is 0 Å². The van der Waals surface area contributed by atoms with Gasteiger partial charge < -0.3 is 10.5 Å². The Morgan fingerprint density at radius 2 is 1.65 bits per heavy atom. The van der Waals surface area contributed by atoms with E-state index in [0.717, 1.165) is 45.7 Å². The number of carbonyl (C=O) groups excluding carboxylic acids is 1. The molecule has 2 aliphatic rings. The molecule has 5 rings (SSSR count). The Kier molecular flexibility index (Phi) is 7.64. The Morgan fingerprint density at radius 3 is 2.26 bits per heavy atom. The number of anilines is 1. The summed E-state index contributed by atoms with van der Waals surface area (Å²) in [6.07, 6.45) is -3.77. The molecule has 0 fully saturated rings. The number of benzene rings is 3. The van der Waals surface area contributed by atoms with Crippen molar-refractivity contribution in [3.05, 3.63) is 117 Å². The maximum Gasteiger partial charge on any atom is 0.416 e. The Balaban J connectivity index is 1.65. The Labute approximate surface area is 250 Å². The van der Waals surface area contributed by atoms with Gasteiger partial charge in [-0.1, -0.05) is 49.2 Å². The topological polar surface area (TPSA) is 79.3 Å². The number of carbonyl (C=O) groups is 1. The summed E-state index contributed by atoms with van der Waals surface area (Å²) in [6, 6.07) is 18.7. The summed E-state index contributed by atoms with van der Waals surface area (Å²) in [4.78, 5) is 15.5. The molecule has 0 radical (unpaired) electrons. The highest BCUT2D eigenvalue weighted by molar-refractivity contribution is 6.01. The average Bonchev–Trinajstić information content (AvgIpc) is 2.92. The van der Waals surface area contributed by atoms with E-state index < -0.39 is 23.1 Å². The fourth-order valence-corrected chi connectivity index (χ4v) is 6.12. The van der Waals surface area contributed by atoms with Crippen LogP contribution < -0.4 is 15.4 Å². The molecule has 3 aromatic rings. The number of Topliss-reactive ketones (excluding diaryl/α,β-unsaturated/α-hetero) is 1. The first-order chi connectivity index (χ1) is 20.2. The molecule has 0 bridgehead atoms. The first kappa shape index (κ1) is 30.0. The number of hydrogen-bond donors (Lipinski definition) is 1. The second-order valence-corrected chi connectivity index (χ2v) is 12.3. The lowest BCUT2D eigenvalue weighted by molar-refractivity contribution is -0.137. The van der Waals surface area contributed by atoms with Gasteiger partial charge in [-0.25, -0.2) is 0 Å². The van der Waals surface area contributed by atoms with Crippen LogP contribution in [0.1, 0.15) is 66.0 Å². The zero-order chi connectivity index (χ0) is 31.3. The van der Waals surface area contributed by atoms with Crippen molar-refractivity contribution in [2.75, 3.05) is 4.90 Å². The van der Waals surface area contributed by atoms with E-state index in [-0.39, 0.29) is 23.6 Å². The third-order valence-corrected chi connectivity index (χ3v) is 8.26. The largest absolute Gasteiger partial charge is 0.489 e. The molecule has 0 saturated heterocycles. The van der Waals surface area contributed by atoms with Gasteiger partial charge in [-0.15, -0.1) is 0 Å². The van der Waals surface area contributed by atoms with Gasteiger partial charge in [0.25, 0.3) is 0 Å². The molecular formula is C35H34F3N3O2. The van der Waals surface area contributed by atoms with Crippen LogP contribution in [-0.2, 0) is 17.6 Å². The molecule has 1 heterocycles. The standard InChI is InChI=1S/C35H34F3N3O2/c1-20-6-12-26(13-7-20)43-19-23-14-21(2)15-27(22(23)3)31-28(18-39)33(40)41(25-10-8-24(9-11-25)35(36,37)38)29-16-34(4,5)17-30(42)32(29)31/h6-15,31H,16-17,19,40H2,1-5H3. The molecule has 1 unspecified atom stereocenters. The lowest BCUT2D eigenvalue weighted by Gasteiger charge is -2.44. The van der Waals surface area contributed by atoms with Crippen LogP contribution in [0.15, 0.2) is 83.3 Å². The van der Waals surface area contributed by atoms with Gasteiger partial charge in [0.15, 0.2) is 5.78 Å². The van der Waals surface area contributed by atoms with E-state index in [2.05, 4.69) is 6.07 Å². The van der Waals surface area contributed by atoms with Crippen LogP contribution in [0.25, 0.3) is 0 Å². The fourth-order valence-electron chi connectivity index (χ4n) is 6.12. The van der Waals surface area contributed by atoms with E-state index in [1.165, 1.54) is 12.1 Å². The Morgan fingerprint density at radius 1 is 1.00 bits per heavy atom. The molecule has 0 aromatic heterocycles. The van der Waals surface area contributed by atoms with E-state index >= 15 is 0 Å². The number of alkyl halides is 3. The zero-order valence-electron chi connectivity index (χ0n) is 24.9. The van der Waals surface area contributed by atoms with Gasteiger partial charge in [0.2, 0.25) is 0 Å². The molecule has 0 saturated carbocycles. The van der Waals surface area contributed by atoms with Crippen molar-refractivity contribution >= 4 is 11.5 Å². The second kappa shape index (κ2) is 11.0. The lowest BCUT2D eigenvalue weighted by Crippen LogP contribution is -2.42. The summed E-state index contributed by atoms with van der Waals surface area (Å²) in [5.74, 6) is 0.0170. The number of nitriles is 1. The van der Waals surface area contributed by atoms with Crippen molar-refractivity contribution in [3.8, 4) is 11.8 Å². The number of nitrogens with zero attached hydrogens (tertiary/aromatic N) is 2. The molecule has 3 aromatic carbocycles. The monoisotopic (exact) mass is 585 g/mol. The Bertz CT molecular complexity index is 1690. The van der Waals surface area contributed by atoms with Crippen LogP contribution in [0.3, 0.4) is 0 Å². The number of halogens is 3. The first-order valence-electron chi connectivity index (χ1n) is 14.1. The van der Waals surface area contributed by atoms with Gasteiger partial charge in [-0.05, 0) is 85.7 Å². The van der Waals surface area contributed by atoms with Crippen LogP contribution in [0.2, 0.25) is 0 Å². The lowest BCUT2D eigenvalue weighted by atomic mass is 9.68. The number of ether oxygens (including phenoxy) is 1. The van der Waals surface area contributed by atoms with Gasteiger partial charge in [-0.2, -0.15) is 18.4 Å². The van der Waals surface area contributed by atoms with Crippen molar-refractivity contribution in [1.82, 2.24) is 0 Å². The third-order valence-electron chi connectivity index (χ3n) is 8.26. The molecule has 43 heavy (non-hydrogen) atoms. The highest BCUT2D eigenvalue weighted by atomic mass is 19.4. The molecule has 2 N–H and O–H groups in total. The summed E-state index contributed by atoms with van der Waals surface area (Å²) < 4.78 is 46.1. The average molecular weight is 586 g/mol. The van der Waals surface area contributed by atoms with E-state index in [4.69, 9.17) is 10.5 Å². The minimum absolute atomic E-state index is 0.105. The minimum Gasteiger partial charge on any atom is -0.489 e. The summed E-state index contributed by atoms with van der Waals surface area (Å²) in [5.41, 5.74) is 11.8. The SMILES string of the molecule is Cc1ccc(OCc2cc(C)cc(C3C(C#N)=C(N)N(c4ccc(C(F)(F)F)cc4)C4=C3C(=O)CC(C)(C)C4)c2C)cc1. The number of rotatable bonds is 5. The highest BCUT2D eigenvalue weighted by Gasteiger charge is 2.45. The Hall–Kier alpha value is -4.51. The van der Waals surface area contributed by atoms with Crippen LogP contribution >= 0.6 is 0 Å². The maximum atomic E-state index is 13.9. The van der Waals surface area contributed by atoms with Gasteiger partial charge in [-0.3, -0.25) is 9.69 Å². The number of allylic oxidation sites excluding steroid dienone is 3. The molecule has 8 heteroatoms. The molecule has 1 atom stereocenters. The minimum atomic E-state index is -4.50. The predicted molar refractivity (Wildman–Crippen MR) is 160 cm³/mol. The quantitative estimate of drug-likeness (QED) is 0.327. The van der Waals surface area contributed by atoms with Crippen molar-refractivity contribution < 1.29 is 22.7 Å². The van der Waals surface area contributed by atoms with Gasteiger partial charge in [0.05, 0.1) is 23.1 Å². The third kappa shape index (κ3) is 5.77. The van der Waals surface area contributed by atoms with Gasteiger partial charge >= 0.3 is 6.18 Å². The molecule has 5 nitrogen and oxygen atoms in total. The number of ketones is 1. The zero-order valence-corrected chi connectivity index (χ0v) is 24.9. The molecule has 1 aliphatic carbocycles. The van der Waals surface area contributed by atoms with Crippen LogP contribution in [0.4, 0.5) is 18.9 Å². The molecule has 1 aliphatic heterocycles. The van der Waals surface area contributed by atoms with E-state index in [9.17, 15) is 23.2 Å². The van der Waals surface area contributed by atoms with Crippen molar-refractivity contribution in [2.24, 2.45) is 11.1 Å². The normalized spacial score (nSPS) is 18.4. The van der Waals surface area contributed by atoms with Crippen LogP contribution in [0, 0.1) is 37.5 Å². The van der Waals surface area contributed by atoms with E-state index in [0.29, 0.717) is 30.0 Å². The molecule has 0 amide bonds. The summed E-state index contributed by atoms with van der Waals surface area (Å²) in [6.45, 7) is 10.2. The van der Waals surface area contributed by atoms with Crippen LogP contribution in [0.5, 0.6) is 5.75 Å². The van der Waals surface area contributed by atoms with E-state index in [1.54, 1.807) is 4.90 Å². The molecule has 0 spiro atoms. The first-order valence-corrected chi connectivity index (χ1v) is 14.1. The highest BCUT2D eigenvalue weighted by Crippen LogP contribution is 2.51. The summed E-state index contributed by atoms with van der Waals surface area (Å²) in [5, 5.41) is 10.5. The number of nitrogens with two attached hydrogens (primary N) is 1. The summed E-state index contributed by atoms with van der Waals surface area (Å²) in [7, 11) is 0. The predicted octanol–water partition coefficient (Wildman–Crippen LogP) is 8.15. The maximum absolute atomic E-state index is 13.9. The van der Waals surface area contributed by atoms with Crippen LogP contribution in [-0.4, -0.2) is 5.78 Å². The molecular weight excluding hydrogens is 551 g/mol. The second-order valence-electron chi connectivity index (χ2n) is 12.3. The number of hydrogen-bond acceptors (Lipinski definition) is 5. The summed E-state index contributed by atoms with van der Waals surface area (Å²) >= 11 is 0. The van der Waals surface area contributed by atoms with Gasteiger partial charge in [0.1, 0.15) is 18.2 Å². The molecule has 222 valence electrons. The van der Waals surface area contributed by atoms with Crippen molar-refractivity contribution in [2.45, 2.75) is 66.2 Å². The van der Waals surface area contributed by atoms with E-state index in [1.807, 2.05) is 71.0 Å². The van der Waals surface area contributed by atoms with Gasteiger partial charge in [0, 0.05) is 23.4 Å². The number of aryl methyl sites for hydroxylation is 2. The van der Waals surface area contributed by atoms with Crippen molar-refractivity contribution in [1.29, 1.82) is 5.26 Å². The fraction of sp³-hybridized carbons (Fsp3) is 0.314. The smallest absolute Gasteiger partial charge is 0.416 e.